The SMILES string of the molecule is NC1CCC(c2nc(-c3ccc(Cl)cc3)no2)CC1. The van der Waals surface area contributed by atoms with Gasteiger partial charge in [-0.05, 0) is 49.9 Å². The van der Waals surface area contributed by atoms with E-state index in [1.165, 1.54) is 0 Å². The van der Waals surface area contributed by atoms with E-state index in [2.05, 4.69) is 10.1 Å². The van der Waals surface area contributed by atoms with Crippen molar-refractivity contribution in [3.05, 3.63) is 35.2 Å². The van der Waals surface area contributed by atoms with Gasteiger partial charge < -0.3 is 10.3 Å². The van der Waals surface area contributed by atoms with E-state index < -0.39 is 0 Å². The first kappa shape index (κ1) is 12.6. The van der Waals surface area contributed by atoms with Crippen LogP contribution in [0.25, 0.3) is 11.4 Å². The quantitative estimate of drug-likeness (QED) is 0.914. The molecule has 19 heavy (non-hydrogen) atoms. The van der Waals surface area contributed by atoms with Gasteiger partial charge in [-0.1, -0.05) is 16.8 Å². The van der Waals surface area contributed by atoms with Crippen LogP contribution in [0.4, 0.5) is 0 Å². The van der Waals surface area contributed by atoms with Crippen LogP contribution in [0.3, 0.4) is 0 Å². The Morgan fingerprint density at radius 2 is 1.79 bits per heavy atom. The molecule has 0 bridgehead atoms. The molecule has 0 radical (unpaired) electrons. The summed E-state index contributed by atoms with van der Waals surface area (Å²) in [6.45, 7) is 0. The van der Waals surface area contributed by atoms with Crippen molar-refractivity contribution in [1.29, 1.82) is 0 Å². The Hall–Kier alpha value is -1.39. The maximum absolute atomic E-state index is 5.91. The molecule has 0 atom stereocenters. The fourth-order valence-electron chi connectivity index (χ4n) is 2.48. The minimum atomic E-state index is 0.329. The van der Waals surface area contributed by atoms with E-state index in [1.54, 1.807) is 0 Å². The van der Waals surface area contributed by atoms with Gasteiger partial charge in [0, 0.05) is 22.5 Å². The van der Waals surface area contributed by atoms with Crippen LogP contribution in [-0.4, -0.2) is 16.2 Å². The van der Waals surface area contributed by atoms with Crippen molar-refractivity contribution in [1.82, 2.24) is 10.1 Å². The highest BCUT2D eigenvalue weighted by molar-refractivity contribution is 6.30. The van der Waals surface area contributed by atoms with Crippen LogP contribution in [0, 0.1) is 0 Å². The zero-order chi connectivity index (χ0) is 13.2. The molecule has 1 fully saturated rings. The van der Waals surface area contributed by atoms with Gasteiger partial charge in [-0.3, -0.25) is 0 Å². The summed E-state index contributed by atoms with van der Waals surface area (Å²) in [4.78, 5) is 4.50. The summed E-state index contributed by atoms with van der Waals surface area (Å²) >= 11 is 5.86. The highest BCUT2D eigenvalue weighted by Gasteiger charge is 2.24. The molecule has 0 amide bonds. The van der Waals surface area contributed by atoms with Crippen LogP contribution >= 0.6 is 11.6 Å². The van der Waals surface area contributed by atoms with Gasteiger partial charge in [-0.15, -0.1) is 0 Å². The van der Waals surface area contributed by atoms with Crippen molar-refractivity contribution in [2.24, 2.45) is 5.73 Å². The summed E-state index contributed by atoms with van der Waals surface area (Å²) in [7, 11) is 0. The molecule has 0 unspecified atom stereocenters. The van der Waals surface area contributed by atoms with Crippen molar-refractivity contribution < 1.29 is 4.52 Å². The molecule has 1 aliphatic rings. The lowest BCUT2D eigenvalue weighted by molar-refractivity contribution is 0.301. The van der Waals surface area contributed by atoms with E-state index in [-0.39, 0.29) is 0 Å². The molecule has 1 heterocycles. The zero-order valence-corrected chi connectivity index (χ0v) is 11.3. The number of nitrogens with two attached hydrogens (primary N) is 1. The lowest BCUT2D eigenvalue weighted by atomic mass is 9.86. The second-order valence-electron chi connectivity index (χ2n) is 5.07. The number of rotatable bonds is 2. The minimum absolute atomic E-state index is 0.329. The molecule has 2 N–H and O–H groups in total. The molecule has 1 aromatic heterocycles. The molecule has 1 aliphatic carbocycles. The van der Waals surface area contributed by atoms with Gasteiger partial charge in [-0.2, -0.15) is 4.98 Å². The maximum atomic E-state index is 5.91. The summed E-state index contributed by atoms with van der Waals surface area (Å²) in [5.41, 5.74) is 6.83. The average molecular weight is 278 g/mol. The predicted octanol–water partition coefficient (Wildman–Crippen LogP) is 3.37. The molecule has 0 aliphatic heterocycles. The van der Waals surface area contributed by atoms with E-state index in [0.717, 1.165) is 37.1 Å². The van der Waals surface area contributed by atoms with E-state index in [0.29, 0.717) is 22.8 Å². The molecular formula is C14H16ClN3O. The molecule has 4 nitrogen and oxygen atoms in total. The Labute approximate surface area is 117 Å². The van der Waals surface area contributed by atoms with Crippen LogP contribution in [0.5, 0.6) is 0 Å². The van der Waals surface area contributed by atoms with Gasteiger partial charge in [0.2, 0.25) is 11.7 Å². The fraction of sp³-hybridized carbons (Fsp3) is 0.429. The van der Waals surface area contributed by atoms with Crippen molar-refractivity contribution in [2.75, 3.05) is 0 Å². The molecule has 2 aromatic rings. The second-order valence-corrected chi connectivity index (χ2v) is 5.51. The van der Waals surface area contributed by atoms with Gasteiger partial charge in [-0.25, -0.2) is 0 Å². The minimum Gasteiger partial charge on any atom is -0.339 e. The number of halogens is 1. The number of nitrogens with zero attached hydrogens (tertiary/aromatic N) is 2. The largest absolute Gasteiger partial charge is 0.339 e. The lowest BCUT2D eigenvalue weighted by Gasteiger charge is -2.22. The Morgan fingerprint density at radius 1 is 1.11 bits per heavy atom. The van der Waals surface area contributed by atoms with Gasteiger partial charge in [0.1, 0.15) is 0 Å². The first-order valence-electron chi connectivity index (χ1n) is 6.57. The highest BCUT2D eigenvalue weighted by atomic mass is 35.5. The van der Waals surface area contributed by atoms with Crippen molar-refractivity contribution in [3.63, 3.8) is 0 Å². The third-order valence-electron chi connectivity index (χ3n) is 3.67. The molecule has 0 spiro atoms. The third-order valence-corrected chi connectivity index (χ3v) is 3.92. The van der Waals surface area contributed by atoms with Gasteiger partial charge in [0.15, 0.2) is 0 Å². The molecule has 1 saturated carbocycles. The Balaban J connectivity index is 1.77. The zero-order valence-electron chi connectivity index (χ0n) is 10.6. The van der Waals surface area contributed by atoms with Crippen molar-refractivity contribution in [3.8, 4) is 11.4 Å². The van der Waals surface area contributed by atoms with E-state index in [9.17, 15) is 0 Å². The maximum Gasteiger partial charge on any atom is 0.230 e. The van der Waals surface area contributed by atoms with Gasteiger partial charge in [0.05, 0.1) is 0 Å². The number of hydrogen-bond acceptors (Lipinski definition) is 4. The Bertz CT molecular complexity index is 544. The van der Waals surface area contributed by atoms with Crippen LogP contribution in [0.2, 0.25) is 5.02 Å². The number of aromatic nitrogens is 2. The molecule has 3 rings (SSSR count). The lowest BCUT2D eigenvalue weighted by Crippen LogP contribution is -2.25. The second kappa shape index (κ2) is 5.31. The predicted molar refractivity (Wildman–Crippen MR) is 73.9 cm³/mol. The van der Waals surface area contributed by atoms with Crippen LogP contribution < -0.4 is 5.73 Å². The first-order chi connectivity index (χ1) is 9.22. The average Bonchev–Trinajstić information content (AvgIpc) is 2.90. The number of hydrogen-bond donors (Lipinski definition) is 1. The van der Waals surface area contributed by atoms with Gasteiger partial charge in [0.25, 0.3) is 0 Å². The summed E-state index contributed by atoms with van der Waals surface area (Å²) in [5.74, 6) is 1.71. The molecule has 5 heteroatoms. The van der Waals surface area contributed by atoms with Crippen molar-refractivity contribution >= 4 is 11.6 Å². The Morgan fingerprint density at radius 3 is 2.47 bits per heavy atom. The summed E-state index contributed by atoms with van der Waals surface area (Å²) in [6.07, 6.45) is 4.12. The highest BCUT2D eigenvalue weighted by Crippen LogP contribution is 2.32. The molecule has 100 valence electrons. The van der Waals surface area contributed by atoms with Crippen LogP contribution in [0.15, 0.2) is 28.8 Å². The van der Waals surface area contributed by atoms with Crippen molar-refractivity contribution in [2.45, 2.75) is 37.6 Å². The molecule has 0 saturated heterocycles. The molecular weight excluding hydrogens is 262 g/mol. The van der Waals surface area contributed by atoms with E-state index in [4.69, 9.17) is 21.9 Å². The van der Waals surface area contributed by atoms with Crippen LogP contribution in [-0.2, 0) is 0 Å². The summed E-state index contributed by atoms with van der Waals surface area (Å²) in [5, 5.41) is 4.75. The summed E-state index contributed by atoms with van der Waals surface area (Å²) in [6, 6.07) is 7.77. The first-order valence-corrected chi connectivity index (χ1v) is 6.95. The topological polar surface area (TPSA) is 64.9 Å². The van der Waals surface area contributed by atoms with E-state index >= 15 is 0 Å². The molecule has 1 aromatic carbocycles. The Kier molecular flexibility index (Phi) is 3.53. The monoisotopic (exact) mass is 277 g/mol. The third kappa shape index (κ3) is 2.80. The number of benzene rings is 1. The standard InChI is InChI=1S/C14H16ClN3O/c15-11-5-1-9(2-6-11)13-17-14(19-18-13)10-3-7-12(16)8-4-10/h1-2,5-6,10,12H,3-4,7-8,16H2. The van der Waals surface area contributed by atoms with E-state index in [1.807, 2.05) is 24.3 Å². The van der Waals surface area contributed by atoms with Crippen LogP contribution in [0.1, 0.15) is 37.5 Å². The summed E-state index contributed by atoms with van der Waals surface area (Å²) < 4.78 is 5.39. The smallest absolute Gasteiger partial charge is 0.230 e. The fourth-order valence-corrected chi connectivity index (χ4v) is 2.61. The normalized spacial score (nSPS) is 23.5. The van der Waals surface area contributed by atoms with Gasteiger partial charge >= 0.3 is 0 Å².